The molecule has 0 saturated carbocycles. The molecular formula is C12H11BrO2. The fourth-order valence-electron chi connectivity index (χ4n) is 1.32. The fraction of sp³-hybridized carbons (Fsp3) is 0.250. The highest BCUT2D eigenvalue weighted by atomic mass is 79.9. The number of hydrogen-bond acceptors (Lipinski definition) is 1. The molecule has 1 aromatic carbocycles. The van der Waals surface area contributed by atoms with Crippen LogP contribution in [0.5, 0.6) is 0 Å². The smallest absolute Gasteiger partial charge is 0.307 e. The van der Waals surface area contributed by atoms with Crippen molar-refractivity contribution < 1.29 is 9.90 Å². The molecule has 78 valence electrons. The van der Waals surface area contributed by atoms with Gasteiger partial charge in [-0.25, -0.2) is 0 Å². The number of benzene rings is 1. The highest BCUT2D eigenvalue weighted by Gasteiger charge is 2.17. The van der Waals surface area contributed by atoms with Crippen molar-refractivity contribution in [1.29, 1.82) is 0 Å². The third-order valence-corrected chi connectivity index (χ3v) is 2.91. The molecule has 0 amide bonds. The van der Waals surface area contributed by atoms with Crippen molar-refractivity contribution in [1.82, 2.24) is 0 Å². The number of aliphatic carboxylic acids is 1. The quantitative estimate of drug-likeness (QED) is 0.851. The van der Waals surface area contributed by atoms with E-state index in [-0.39, 0.29) is 6.42 Å². The minimum atomic E-state index is -0.844. The van der Waals surface area contributed by atoms with E-state index in [1.54, 1.807) is 0 Å². The van der Waals surface area contributed by atoms with Gasteiger partial charge in [-0.2, -0.15) is 0 Å². The minimum absolute atomic E-state index is 0.261. The highest BCUT2D eigenvalue weighted by Crippen LogP contribution is 2.20. The van der Waals surface area contributed by atoms with Gasteiger partial charge in [-0.3, -0.25) is 4.79 Å². The van der Waals surface area contributed by atoms with Crippen LogP contribution in [-0.2, 0) is 11.2 Å². The molecule has 0 bridgehead atoms. The van der Waals surface area contributed by atoms with Crippen LogP contribution in [0.25, 0.3) is 0 Å². The normalized spacial score (nSPS) is 11.7. The number of rotatable bonds is 4. The molecule has 0 saturated heterocycles. The number of carboxylic acid groups (broad SMARTS) is 1. The molecule has 1 rings (SSSR count). The van der Waals surface area contributed by atoms with Crippen molar-refractivity contribution in [3.8, 4) is 12.3 Å². The Morgan fingerprint density at radius 1 is 1.53 bits per heavy atom. The molecule has 0 fully saturated rings. The molecule has 15 heavy (non-hydrogen) atoms. The maximum absolute atomic E-state index is 10.9. The lowest BCUT2D eigenvalue weighted by Crippen LogP contribution is -2.16. The third kappa shape index (κ3) is 3.41. The van der Waals surface area contributed by atoms with E-state index in [4.69, 9.17) is 11.5 Å². The lowest BCUT2D eigenvalue weighted by atomic mass is 9.97. The molecule has 1 unspecified atom stereocenters. The molecule has 0 aliphatic heterocycles. The summed E-state index contributed by atoms with van der Waals surface area (Å²) < 4.78 is 0.924. The van der Waals surface area contributed by atoms with Crippen LogP contribution < -0.4 is 0 Å². The van der Waals surface area contributed by atoms with E-state index in [2.05, 4.69) is 21.9 Å². The van der Waals surface area contributed by atoms with Gasteiger partial charge in [0.1, 0.15) is 0 Å². The van der Waals surface area contributed by atoms with Gasteiger partial charge >= 0.3 is 5.97 Å². The summed E-state index contributed by atoms with van der Waals surface area (Å²) in [5.74, 6) is 1.04. The molecule has 0 heterocycles. The van der Waals surface area contributed by atoms with Gasteiger partial charge in [0.15, 0.2) is 0 Å². The first-order valence-corrected chi connectivity index (χ1v) is 5.34. The fourth-order valence-corrected chi connectivity index (χ4v) is 1.77. The number of halogens is 1. The Labute approximate surface area is 97.4 Å². The third-order valence-electron chi connectivity index (χ3n) is 2.14. The lowest BCUT2D eigenvalue weighted by molar-refractivity contribution is -0.141. The van der Waals surface area contributed by atoms with Gasteiger partial charge in [0, 0.05) is 10.9 Å². The van der Waals surface area contributed by atoms with Gasteiger partial charge in [0.05, 0.1) is 5.92 Å². The van der Waals surface area contributed by atoms with Crippen molar-refractivity contribution in [2.24, 2.45) is 5.92 Å². The van der Waals surface area contributed by atoms with E-state index in [0.717, 1.165) is 10.0 Å². The van der Waals surface area contributed by atoms with Gasteiger partial charge in [0.2, 0.25) is 0 Å². The lowest BCUT2D eigenvalue weighted by Gasteiger charge is -2.10. The van der Waals surface area contributed by atoms with E-state index >= 15 is 0 Å². The maximum Gasteiger partial charge on any atom is 0.307 e. The monoisotopic (exact) mass is 266 g/mol. The number of hydrogen-bond donors (Lipinski definition) is 1. The van der Waals surface area contributed by atoms with E-state index < -0.39 is 11.9 Å². The van der Waals surface area contributed by atoms with Gasteiger partial charge in [0.25, 0.3) is 0 Å². The predicted octanol–water partition coefficient (Wildman–Crippen LogP) is 2.72. The first-order valence-electron chi connectivity index (χ1n) is 4.55. The summed E-state index contributed by atoms with van der Waals surface area (Å²) in [6.45, 7) is 0. The van der Waals surface area contributed by atoms with Crippen molar-refractivity contribution in [2.75, 3.05) is 0 Å². The van der Waals surface area contributed by atoms with Crippen LogP contribution in [0.3, 0.4) is 0 Å². The van der Waals surface area contributed by atoms with Crippen molar-refractivity contribution in [3.05, 3.63) is 34.3 Å². The summed E-state index contributed by atoms with van der Waals surface area (Å²) in [6, 6.07) is 7.57. The maximum atomic E-state index is 10.9. The second-order valence-electron chi connectivity index (χ2n) is 3.24. The SMILES string of the molecule is C#CCC(Cc1ccccc1Br)C(=O)O. The topological polar surface area (TPSA) is 37.3 Å². The first kappa shape index (κ1) is 11.8. The molecule has 0 spiro atoms. The van der Waals surface area contributed by atoms with Crippen LogP contribution >= 0.6 is 15.9 Å². The second-order valence-corrected chi connectivity index (χ2v) is 4.09. The van der Waals surface area contributed by atoms with Crippen LogP contribution in [0.2, 0.25) is 0 Å². The molecule has 1 aromatic rings. The van der Waals surface area contributed by atoms with Gasteiger partial charge in [-0.1, -0.05) is 34.1 Å². The zero-order chi connectivity index (χ0) is 11.3. The molecule has 3 heteroatoms. The second kappa shape index (κ2) is 5.57. The Kier molecular flexibility index (Phi) is 4.38. The zero-order valence-electron chi connectivity index (χ0n) is 8.11. The van der Waals surface area contributed by atoms with Gasteiger partial charge in [-0.05, 0) is 18.1 Å². The molecule has 0 aliphatic rings. The molecule has 0 aliphatic carbocycles. The Balaban J connectivity index is 2.79. The van der Waals surface area contributed by atoms with Gasteiger partial charge in [-0.15, -0.1) is 12.3 Å². The van der Waals surface area contributed by atoms with Crippen molar-refractivity contribution >= 4 is 21.9 Å². The van der Waals surface area contributed by atoms with E-state index in [0.29, 0.717) is 6.42 Å². The Morgan fingerprint density at radius 2 is 2.20 bits per heavy atom. The summed E-state index contributed by atoms with van der Waals surface area (Å²) in [6.07, 6.45) is 5.85. The Bertz CT molecular complexity index is 393. The molecular weight excluding hydrogens is 256 g/mol. The molecule has 0 aromatic heterocycles. The van der Waals surface area contributed by atoms with Crippen LogP contribution in [0.4, 0.5) is 0 Å². The molecule has 2 nitrogen and oxygen atoms in total. The summed E-state index contributed by atoms with van der Waals surface area (Å²) in [5.41, 5.74) is 0.972. The van der Waals surface area contributed by atoms with E-state index in [1.165, 1.54) is 0 Å². The van der Waals surface area contributed by atoms with Crippen molar-refractivity contribution in [2.45, 2.75) is 12.8 Å². The average Bonchev–Trinajstić information content (AvgIpc) is 2.20. The van der Waals surface area contributed by atoms with Crippen LogP contribution in [-0.4, -0.2) is 11.1 Å². The van der Waals surface area contributed by atoms with E-state index in [9.17, 15) is 4.79 Å². The Hall–Kier alpha value is -1.27. The number of carbonyl (C=O) groups is 1. The van der Waals surface area contributed by atoms with Crippen LogP contribution in [0, 0.1) is 18.3 Å². The Morgan fingerprint density at radius 3 is 2.73 bits per heavy atom. The summed E-state index contributed by atoms with van der Waals surface area (Å²) >= 11 is 3.38. The van der Waals surface area contributed by atoms with E-state index in [1.807, 2.05) is 24.3 Å². The summed E-state index contributed by atoms with van der Waals surface area (Å²) in [7, 11) is 0. The molecule has 0 radical (unpaired) electrons. The summed E-state index contributed by atoms with van der Waals surface area (Å²) in [4.78, 5) is 10.9. The first-order chi connectivity index (χ1) is 7.15. The molecule has 1 N–H and O–H groups in total. The summed E-state index contributed by atoms with van der Waals surface area (Å²) in [5, 5.41) is 8.95. The minimum Gasteiger partial charge on any atom is -0.481 e. The molecule has 1 atom stereocenters. The van der Waals surface area contributed by atoms with Crippen LogP contribution in [0.15, 0.2) is 28.7 Å². The average molecular weight is 267 g/mol. The standard InChI is InChI=1S/C12H11BrO2/c1-2-5-10(12(14)15)8-9-6-3-4-7-11(9)13/h1,3-4,6-7,10H,5,8H2,(H,14,15). The van der Waals surface area contributed by atoms with Crippen LogP contribution in [0.1, 0.15) is 12.0 Å². The highest BCUT2D eigenvalue weighted by molar-refractivity contribution is 9.10. The zero-order valence-corrected chi connectivity index (χ0v) is 9.70. The number of carboxylic acids is 1. The predicted molar refractivity (Wildman–Crippen MR) is 62.4 cm³/mol. The number of terminal acetylenes is 1. The van der Waals surface area contributed by atoms with Crippen molar-refractivity contribution in [3.63, 3.8) is 0 Å². The largest absolute Gasteiger partial charge is 0.481 e. The van der Waals surface area contributed by atoms with Gasteiger partial charge < -0.3 is 5.11 Å².